The molecular formula is C14H17BrFN7O2S. The SMILES string of the molecule is CS(=N)(=N)[C@H]1C[C@H](Nc2nonc2/C(=N/O)Nc2ccc(F)c(Br)c2)C1. The first-order chi connectivity index (χ1) is 12.3. The molecular weight excluding hydrogens is 429 g/mol. The Bertz CT molecular complexity index is 941. The third-order valence-corrected chi connectivity index (χ3v) is 6.42. The number of halogens is 2. The molecule has 0 radical (unpaired) electrons. The van der Waals surface area contributed by atoms with E-state index in [-0.39, 0.29) is 27.3 Å². The van der Waals surface area contributed by atoms with Gasteiger partial charge in [-0.1, -0.05) is 14.8 Å². The van der Waals surface area contributed by atoms with E-state index in [1.54, 1.807) is 6.26 Å². The fourth-order valence-electron chi connectivity index (χ4n) is 2.54. The van der Waals surface area contributed by atoms with Crippen LogP contribution in [-0.4, -0.2) is 38.9 Å². The number of benzene rings is 1. The maximum absolute atomic E-state index is 13.3. The Hall–Kier alpha value is -2.21. The molecule has 0 atom stereocenters. The molecule has 1 saturated carbocycles. The van der Waals surface area contributed by atoms with E-state index in [9.17, 15) is 9.60 Å². The maximum Gasteiger partial charge on any atom is 0.203 e. The van der Waals surface area contributed by atoms with E-state index < -0.39 is 15.4 Å². The highest BCUT2D eigenvalue weighted by Crippen LogP contribution is 2.30. The van der Waals surface area contributed by atoms with Crippen molar-refractivity contribution in [1.82, 2.24) is 10.3 Å². The zero-order valence-electron chi connectivity index (χ0n) is 13.7. The largest absolute Gasteiger partial charge is 0.409 e. The molecule has 0 spiro atoms. The molecule has 9 nitrogen and oxygen atoms in total. The van der Waals surface area contributed by atoms with Crippen LogP contribution in [-0.2, 0) is 9.62 Å². The van der Waals surface area contributed by atoms with Crippen molar-refractivity contribution in [3.8, 4) is 0 Å². The van der Waals surface area contributed by atoms with Gasteiger partial charge in [-0.15, -0.1) is 0 Å². The molecule has 1 aromatic heterocycles. The molecule has 3 rings (SSSR count). The van der Waals surface area contributed by atoms with E-state index >= 15 is 0 Å². The zero-order valence-corrected chi connectivity index (χ0v) is 16.1. The minimum atomic E-state index is -2.07. The third kappa shape index (κ3) is 3.96. The quantitative estimate of drug-likeness (QED) is 0.206. The number of anilines is 2. The van der Waals surface area contributed by atoms with Crippen molar-refractivity contribution < 1.29 is 14.2 Å². The predicted molar refractivity (Wildman–Crippen MR) is 99.5 cm³/mol. The van der Waals surface area contributed by atoms with Gasteiger partial charge in [-0.05, 0) is 57.3 Å². The Balaban J connectivity index is 1.71. The number of hydrogen-bond donors (Lipinski definition) is 5. The summed E-state index contributed by atoms with van der Waals surface area (Å²) in [5.74, 6) is -0.137. The Morgan fingerprint density at radius 1 is 1.42 bits per heavy atom. The van der Waals surface area contributed by atoms with Crippen LogP contribution in [0.4, 0.5) is 15.9 Å². The number of rotatable bonds is 5. The first-order valence-electron chi connectivity index (χ1n) is 7.58. The van der Waals surface area contributed by atoms with Crippen LogP contribution in [0.5, 0.6) is 0 Å². The van der Waals surface area contributed by atoms with Crippen LogP contribution in [0.3, 0.4) is 0 Å². The Kier molecular flexibility index (Phi) is 5.14. The lowest BCUT2D eigenvalue weighted by molar-refractivity contribution is 0.304. The Labute approximate surface area is 157 Å². The second-order valence-electron chi connectivity index (χ2n) is 6.08. The van der Waals surface area contributed by atoms with Gasteiger partial charge in [0.05, 0.1) is 4.47 Å². The molecule has 1 aliphatic rings. The van der Waals surface area contributed by atoms with Crippen molar-refractivity contribution in [2.75, 3.05) is 16.9 Å². The van der Waals surface area contributed by atoms with Crippen LogP contribution in [0.1, 0.15) is 18.5 Å². The molecule has 0 saturated heterocycles. The summed E-state index contributed by atoms with van der Waals surface area (Å²) in [5.41, 5.74) is 0.648. The van der Waals surface area contributed by atoms with E-state index in [1.165, 1.54) is 18.2 Å². The van der Waals surface area contributed by atoms with Crippen molar-refractivity contribution >= 4 is 42.9 Å². The first-order valence-corrected chi connectivity index (χ1v) is 10.5. The van der Waals surface area contributed by atoms with Crippen molar-refractivity contribution in [1.29, 1.82) is 9.56 Å². The fraction of sp³-hybridized carbons (Fsp3) is 0.357. The van der Waals surface area contributed by atoms with E-state index in [2.05, 4.69) is 42.0 Å². The van der Waals surface area contributed by atoms with Gasteiger partial charge in [0.1, 0.15) is 5.82 Å². The average molecular weight is 446 g/mol. The zero-order chi connectivity index (χ0) is 18.9. The van der Waals surface area contributed by atoms with Gasteiger partial charge in [-0.25, -0.2) is 9.02 Å². The van der Waals surface area contributed by atoms with Crippen LogP contribution in [0, 0.1) is 15.4 Å². The van der Waals surface area contributed by atoms with Crippen LogP contribution >= 0.6 is 15.9 Å². The molecule has 1 aliphatic carbocycles. The normalized spacial score (nSPS) is 20.5. The highest BCUT2D eigenvalue weighted by Gasteiger charge is 2.34. The summed E-state index contributed by atoms with van der Waals surface area (Å²) >= 11 is 3.09. The monoisotopic (exact) mass is 445 g/mol. The first kappa shape index (κ1) is 18.6. The lowest BCUT2D eigenvalue weighted by Gasteiger charge is -2.37. The predicted octanol–water partition coefficient (Wildman–Crippen LogP) is 3.47. The fourth-order valence-corrected chi connectivity index (χ4v) is 4.16. The molecule has 1 fully saturated rings. The summed E-state index contributed by atoms with van der Waals surface area (Å²) in [4.78, 5) is 0. The molecule has 1 aromatic carbocycles. The minimum absolute atomic E-state index is 0.0143. The number of aromatic nitrogens is 2. The topological polar surface area (TPSA) is 143 Å². The molecule has 0 aliphatic heterocycles. The number of hydrogen-bond acceptors (Lipinski definition) is 8. The van der Waals surface area contributed by atoms with E-state index in [4.69, 9.17) is 14.2 Å². The van der Waals surface area contributed by atoms with E-state index in [0.717, 1.165) is 0 Å². The number of nitrogens with one attached hydrogen (secondary N) is 4. The van der Waals surface area contributed by atoms with Crippen LogP contribution in [0.2, 0.25) is 0 Å². The summed E-state index contributed by atoms with van der Waals surface area (Å²) in [6.45, 7) is 0. The summed E-state index contributed by atoms with van der Waals surface area (Å²) in [7, 11) is -2.07. The van der Waals surface area contributed by atoms with Crippen LogP contribution in [0.25, 0.3) is 0 Å². The van der Waals surface area contributed by atoms with Gasteiger partial charge in [0.15, 0.2) is 5.69 Å². The molecule has 2 aromatic rings. The minimum Gasteiger partial charge on any atom is -0.409 e. The van der Waals surface area contributed by atoms with Crippen molar-refractivity contribution in [3.05, 3.63) is 34.2 Å². The number of amidine groups is 1. The molecule has 12 heteroatoms. The molecule has 0 unspecified atom stereocenters. The van der Waals surface area contributed by atoms with E-state index in [1.807, 2.05) is 0 Å². The van der Waals surface area contributed by atoms with E-state index in [0.29, 0.717) is 24.3 Å². The summed E-state index contributed by atoms with van der Waals surface area (Å²) in [6.07, 6.45) is 3.03. The molecule has 0 bridgehead atoms. The molecule has 1 heterocycles. The van der Waals surface area contributed by atoms with Gasteiger partial charge in [-0.2, -0.15) is 0 Å². The standard InChI is InChI=1S/C14H17BrFN7O2S/c1-26(17,18)9-4-8(5-9)20-14-12(22-25-23-14)13(21-24)19-7-2-3-11(16)10(15)6-7/h2-3,6,8-9,17-18,24H,4-5H2,1H3,(H,19,21)(H,20,23)/t8-,9-. The smallest absolute Gasteiger partial charge is 0.203 e. The second-order valence-corrected chi connectivity index (χ2v) is 9.56. The Morgan fingerprint density at radius 2 is 2.15 bits per heavy atom. The van der Waals surface area contributed by atoms with Gasteiger partial charge in [0.2, 0.25) is 11.7 Å². The summed E-state index contributed by atoms with van der Waals surface area (Å²) < 4.78 is 33.9. The van der Waals surface area contributed by atoms with Crippen molar-refractivity contribution in [2.24, 2.45) is 5.16 Å². The third-order valence-electron chi connectivity index (χ3n) is 4.10. The van der Waals surface area contributed by atoms with Crippen molar-refractivity contribution in [2.45, 2.75) is 24.1 Å². The van der Waals surface area contributed by atoms with Gasteiger partial charge in [0.25, 0.3) is 0 Å². The van der Waals surface area contributed by atoms with Gasteiger partial charge in [0, 0.05) is 23.2 Å². The van der Waals surface area contributed by atoms with Gasteiger partial charge in [-0.3, -0.25) is 9.56 Å². The molecule has 26 heavy (non-hydrogen) atoms. The lowest BCUT2D eigenvalue weighted by atomic mass is 9.92. The van der Waals surface area contributed by atoms with Crippen LogP contribution < -0.4 is 10.6 Å². The summed E-state index contributed by atoms with van der Waals surface area (Å²) in [6, 6.07) is 4.28. The van der Waals surface area contributed by atoms with Gasteiger partial charge >= 0.3 is 0 Å². The van der Waals surface area contributed by atoms with Crippen LogP contribution in [0.15, 0.2) is 32.5 Å². The maximum atomic E-state index is 13.3. The van der Waals surface area contributed by atoms with Crippen molar-refractivity contribution in [3.63, 3.8) is 0 Å². The number of oxime groups is 1. The highest BCUT2D eigenvalue weighted by atomic mass is 79.9. The molecule has 0 amide bonds. The second kappa shape index (κ2) is 7.19. The summed E-state index contributed by atoms with van der Waals surface area (Å²) in [5, 5.41) is 26.0. The Morgan fingerprint density at radius 3 is 2.77 bits per heavy atom. The highest BCUT2D eigenvalue weighted by molar-refractivity contribution is 9.10. The van der Waals surface area contributed by atoms with Gasteiger partial charge < -0.3 is 15.8 Å². The number of nitrogens with zero attached hydrogens (tertiary/aromatic N) is 3. The molecule has 5 N–H and O–H groups in total. The average Bonchev–Trinajstić information content (AvgIpc) is 2.98. The lowest BCUT2D eigenvalue weighted by Crippen LogP contribution is -2.43. The molecule has 140 valence electrons.